The van der Waals surface area contributed by atoms with Gasteiger partial charge >= 0.3 is 5.97 Å². The summed E-state index contributed by atoms with van der Waals surface area (Å²) >= 11 is 0. The molecule has 3 rings (SSSR count). The van der Waals surface area contributed by atoms with Gasteiger partial charge in [-0.2, -0.15) is 0 Å². The Morgan fingerprint density at radius 2 is 1.72 bits per heavy atom. The molecule has 1 atom stereocenters. The molecule has 0 saturated carbocycles. The number of esters is 1. The Morgan fingerprint density at radius 1 is 1.04 bits per heavy atom. The third-order valence-electron chi connectivity index (χ3n) is 4.12. The van der Waals surface area contributed by atoms with Gasteiger partial charge in [-0.1, -0.05) is 18.2 Å². The second-order valence-electron chi connectivity index (χ2n) is 5.81. The molecule has 1 aromatic heterocycles. The van der Waals surface area contributed by atoms with Crippen LogP contribution in [0, 0.1) is 6.92 Å². The van der Waals surface area contributed by atoms with Gasteiger partial charge in [0.25, 0.3) is 0 Å². The van der Waals surface area contributed by atoms with Gasteiger partial charge < -0.3 is 14.5 Å². The van der Waals surface area contributed by atoms with Crippen LogP contribution >= 0.6 is 0 Å². The van der Waals surface area contributed by atoms with Crippen molar-refractivity contribution >= 4 is 22.7 Å². The Balaban J connectivity index is 1.79. The Hall–Kier alpha value is -3.08. The van der Waals surface area contributed by atoms with E-state index in [0.717, 1.165) is 16.6 Å². The summed E-state index contributed by atoms with van der Waals surface area (Å²) in [6.45, 7) is 3.43. The average molecular weight is 337 g/mol. The quantitative estimate of drug-likeness (QED) is 0.566. The lowest BCUT2D eigenvalue weighted by atomic mass is 10.0. The zero-order valence-electron chi connectivity index (χ0n) is 14.3. The number of nitrogens with one attached hydrogen (secondary N) is 1. The lowest BCUT2D eigenvalue weighted by Gasteiger charge is -2.13. The van der Waals surface area contributed by atoms with Crippen LogP contribution in [0.1, 0.15) is 33.3 Å². The topological polar surface area (TPSA) is 68.4 Å². The Morgan fingerprint density at radius 3 is 2.40 bits per heavy atom. The maximum Gasteiger partial charge on any atom is 0.338 e. The van der Waals surface area contributed by atoms with Gasteiger partial charge in [-0.05, 0) is 44.2 Å². The molecule has 128 valence electrons. The van der Waals surface area contributed by atoms with Gasteiger partial charge in [0.1, 0.15) is 5.75 Å². The van der Waals surface area contributed by atoms with Gasteiger partial charge in [-0.25, -0.2) is 4.79 Å². The van der Waals surface area contributed by atoms with Crippen LogP contribution in [0.2, 0.25) is 0 Å². The summed E-state index contributed by atoms with van der Waals surface area (Å²) in [6.07, 6.45) is -0.882. The number of Topliss-reactive ketones (excluding diaryl/α,β-unsaturated/α-hetero) is 1. The van der Waals surface area contributed by atoms with Crippen molar-refractivity contribution in [2.45, 2.75) is 20.0 Å². The highest BCUT2D eigenvalue weighted by atomic mass is 16.5. The van der Waals surface area contributed by atoms with Crippen molar-refractivity contribution in [2.24, 2.45) is 0 Å². The molecule has 2 aromatic carbocycles. The maximum absolute atomic E-state index is 12.8. The summed E-state index contributed by atoms with van der Waals surface area (Å²) in [5.74, 6) is -0.118. The zero-order chi connectivity index (χ0) is 18.0. The summed E-state index contributed by atoms with van der Waals surface area (Å²) < 4.78 is 10.4. The molecule has 0 fully saturated rings. The van der Waals surface area contributed by atoms with Crippen LogP contribution in [-0.2, 0) is 4.74 Å². The molecular formula is C20H19NO4. The highest BCUT2D eigenvalue weighted by Gasteiger charge is 2.24. The van der Waals surface area contributed by atoms with E-state index in [4.69, 9.17) is 9.47 Å². The molecule has 0 radical (unpaired) electrons. The van der Waals surface area contributed by atoms with Gasteiger partial charge in [0.2, 0.25) is 5.78 Å². The van der Waals surface area contributed by atoms with Crippen LogP contribution in [0.4, 0.5) is 0 Å². The van der Waals surface area contributed by atoms with E-state index in [2.05, 4.69) is 4.98 Å². The van der Waals surface area contributed by atoms with Crippen molar-refractivity contribution in [1.82, 2.24) is 4.98 Å². The second kappa shape index (κ2) is 6.81. The number of ether oxygens (including phenoxy) is 2. The molecule has 0 bridgehead atoms. The zero-order valence-corrected chi connectivity index (χ0v) is 14.3. The first kappa shape index (κ1) is 16.8. The van der Waals surface area contributed by atoms with Gasteiger partial charge in [0.15, 0.2) is 6.10 Å². The minimum absolute atomic E-state index is 0.225. The number of rotatable bonds is 5. The van der Waals surface area contributed by atoms with Gasteiger partial charge in [-0.3, -0.25) is 4.79 Å². The molecule has 0 amide bonds. The van der Waals surface area contributed by atoms with E-state index >= 15 is 0 Å². The fourth-order valence-electron chi connectivity index (χ4n) is 2.81. The third kappa shape index (κ3) is 3.26. The molecule has 3 aromatic rings. The number of hydrogen-bond donors (Lipinski definition) is 1. The van der Waals surface area contributed by atoms with Crippen LogP contribution in [0.5, 0.6) is 5.75 Å². The molecule has 0 spiro atoms. The largest absolute Gasteiger partial charge is 0.497 e. The lowest BCUT2D eigenvalue weighted by Crippen LogP contribution is -2.24. The minimum atomic E-state index is -0.882. The Bertz CT molecular complexity index is 925. The monoisotopic (exact) mass is 337 g/mol. The molecule has 0 aliphatic rings. The van der Waals surface area contributed by atoms with E-state index in [1.165, 1.54) is 0 Å². The smallest absolute Gasteiger partial charge is 0.338 e. The molecule has 0 saturated heterocycles. The Kier molecular flexibility index (Phi) is 4.57. The summed E-state index contributed by atoms with van der Waals surface area (Å²) in [5.41, 5.74) is 2.58. The fourth-order valence-corrected chi connectivity index (χ4v) is 2.81. The molecular weight excluding hydrogens is 318 g/mol. The number of ketones is 1. The number of para-hydroxylation sites is 1. The van der Waals surface area contributed by atoms with E-state index in [1.807, 2.05) is 31.2 Å². The predicted molar refractivity (Wildman–Crippen MR) is 95.2 cm³/mol. The van der Waals surface area contributed by atoms with Crippen molar-refractivity contribution in [2.75, 3.05) is 7.11 Å². The third-order valence-corrected chi connectivity index (χ3v) is 4.12. The molecule has 0 aliphatic carbocycles. The van der Waals surface area contributed by atoms with Crippen molar-refractivity contribution in [3.8, 4) is 5.75 Å². The molecule has 1 heterocycles. The number of H-pyrrole nitrogens is 1. The summed E-state index contributed by atoms with van der Waals surface area (Å²) in [5, 5.41) is 0.831. The fraction of sp³-hybridized carbons (Fsp3) is 0.200. The average Bonchev–Trinajstić information content (AvgIpc) is 2.96. The number of aryl methyl sites for hydroxylation is 1. The number of hydrogen-bond acceptors (Lipinski definition) is 4. The predicted octanol–water partition coefficient (Wildman–Crippen LogP) is 3.91. The number of methoxy groups -OCH3 is 1. The molecule has 1 N–H and O–H groups in total. The number of fused-ring (bicyclic) bond motifs is 1. The number of aromatic amines is 1. The van der Waals surface area contributed by atoms with Gasteiger partial charge in [0.05, 0.1) is 12.7 Å². The number of carbonyl (C=O) groups is 2. The standard InChI is InChI=1S/C20H19NO4/c1-12-18(16-6-4-5-7-17(16)21-12)19(22)13(2)25-20(23)14-8-10-15(24-3)11-9-14/h4-11,13,21H,1-3H3/t13-/m0/s1. The van der Waals surface area contributed by atoms with Crippen LogP contribution < -0.4 is 4.74 Å². The van der Waals surface area contributed by atoms with E-state index in [-0.39, 0.29) is 5.78 Å². The maximum atomic E-state index is 12.8. The SMILES string of the molecule is COc1ccc(C(=O)O[C@@H](C)C(=O)c2c(C)[nH]c3ccccc23)cc1. The highest BCUT2D eigenvalue weighted by Crippen LogP contribution is 2.24. The first-order valence-electron chi connectivity index (χ1n) is 7.98. The molecule has 25 heavy (non-hydrogen) atoms. The van der Waals surface area contributed by atoms with Gasteiger partial charge in [-0.15, -0.1) is 0 Å². The van der Waals surface area contributed by atoms with Crippen LogP contribution in [-0.4, -0.2) is 30.0 Å². The summed E-state index contributed by atoms with van der Waals surface area (Å²) in [4.78, 5) is 28.2. The summed E-state index contributed by atoms with van der Waals surface area (Å²) in [7, 11) is 1.55. The molecule has 0 aliphatic heterocycles. The molecule has 5 heteroatoms. The van der Waals surface area contributed by atoms with Crippen molar-refractivity contribution in [1.29, 1.82) is 0 Å². The van der Waals surface area contributed by atoms with Crippen LogP contribution in [0.25, 0.3) is 10.9 Å². The van der Waals surface area contributed by atoms with E-state index in [0.29, 0.717) is 16.9 Å². The highest BCUT2D eigenvalue weighted by molar-refractivity contribution is 6.11. The normalized spacial score (nSPS) is 12.0. The first-order valence-corrected chi connectivity index (χ1v) is 7.98. The molecule has 5 nitrogen and oxygen atoms in total. The van der Waals surface area contributed by atoms with Crippen molar-refractivity contribution in [3.63, 3.8) is 0 Å². The number of carbonyl (C=O) groups excluding carboxylic acids is 2. The van der Waals surface area contributed by atoms with E-state index < -0.39 is 12.1 Å². The second-order valence-corrected chi connectivity index (χ2v) is 5.81. The molecule has 0 unspecified atom stereocenters. The van der Waals surface area contributed by atoms with E-state index in [9.17, 15) is 9.59 Å². The van der Waals surface area contributed by atoms with Crippen LogP contribution in [0.3, 0.4) is 0 Å². The lowest BCUT2D eigenvalue weighted by molar-refractivity contribution is 0.0319. The van der Waals surface area contributed by atoms with E-state index in [1.54, 1.807) is 38.3 Å². The first-order chi connectivity index (χ1) is 12.0. The Labute approximate surface area is 145 Å². The minimum Gasteiger partial charge on any atom is -0.497 e. The van der Waals surface area contributed by atoms with Gasteiger partial charge in [0, 0.05) is 22.2 Å². The number of benzene rings is 2. The van der Waals surface area contributed by atoms with Crippen molar-refractivity contribution in [3.05, 3.63) is 65.4 Å². The summed E-state index contributed by atoms with van der Waals surface area (Å²) in [6, 6.07) is 14.1. The van der Waals surface area contributed by atoms with Crippen molar-refractivity contribution < 1.29 is 19.1 Å². The number of aromatic nitrogens is 1. The van der Waals surface area contributed by atoms with Crippen LogP contribution in [0.15, 0.2) is 48.5 Å².